The number of fused-ring (bicyclic) bond motifs is 1. The molecule has 0 amide bonds. The predicted molar refractivity (Wildman–Crippen MR) is 82.4 cm³/mol. The van der Waals surface area contributed by atoms with Gasteiger partial charge in [-0.2, -0.15) is 0 Å². The minimum Gasteiger partial charge on any atom is -0.363 e. The molecular formula is C16H17BrN2. The number of nitrogens with zero attached hydrogens (tertiary/aromatic N) is 1. The molecule has 3 rings (SSSR count). The van der Waals surface area contributed by atoms with E-state index in [0.29, 0.717) is 6.04 Å². The lowest BCUT2D eigenvalue weighted by Gasteiger charge is -2.26. The van der Waals surface area contributed by atoms with Crippen molar-refractivity contribution in [1.82, 2.24) is 4.98 Å². The van der Waals surface area contributed by atoms with Crippen LogP contribution in [0.1, 0.15) is 35.7 Å². The summed E-state index contributed by atoms with van der Waals surface area (Å²) in [6.45, 7) is 2.02. The standard InChI is InChI=1S/C16H17BrN2/c1-11-14(17)9-10-16(18-11)19-15-8-4-6-12-5-2-3-7-13(12)15/h2-3,5,7,9-10,15H,4,6,8H2,1H3,(H,18,19). The lowest BCUT2D eigenvalue weighted by molar-refractivity contribution is 0.598. The van der Waals surface area contributed by atoms with E-state index in [1.165, 1.54) is 30.4 Å². The van der Waals surface area contributed by atoms with Gasteiger partial charge >= 0.3 is 0 Å². The van der Waals surface area contributed by atoms with Crippen LogP contribution in [0, 0.1) is 6.92 Å². The number of pyridine rings is 1. The SMILES string of the molecule is Cc1nc(NC2CCCc3ccccc32)ccc1Br. The molecular weight excluding hydrogens is 300 g/mol. The smallest absolute Gasteiger partial charge is 0.126 e. The van der Waals surface area contributed by atoms with E-state index in [0.717, 1.165) is 16.0 Å². The summed E-state index contributed by atoms with van der Waals surface area (Å²) in [7, 11) is 0. The highest BCUT2D eigenvalue weighted by Crippen LogP contribution is 2.32. The largest absolute Gasteiger partial charge is 0.363 e. The van der Waals surface area contributed by atoms with Gasteiger partial charge in [0, 0.05) is 4.47 Å². The summed E-state index contributed by atoms with van der Waals surface area (Å²) in [5, 5.41) is 3.57. The molecule has 1 N–H and O–H groups in total. The average molecular weight is 317 g/mol. The molecule has 0 spiro atoms. The molecule has 98 valence electrons. The molecule has 0 saturated heterocycles. The zero-order valence-electron chi connectivity index (χ0n) is 11.0. The normalized spacial score (nSPS) is 17.9. The van der Waals surface area contributed by atoms with Crippen molar-refractivity contribution < 1.29 is 0 Å². The highest BCUT2D eigenvalue weighted by molar-refractivity contribution is 9.10. The van der Waals surface area contributed by atoms with Gasteiger partial charge in [0.2, 0.25) is 0 Å². The monoisotopic (exact) mass is 316 g/mol. The molecule has 2 aromatic rings. The Morgan fingerprint density at radius 1 is 1.21 bits per heavy atom. The van der Waals surface area contributed by atoms with Gasteiger partial charge < -0.3 is 5.32 Å². The third kappa shape index (κ3) is 2.66. The Morgan fingerprint density at radius 2 is 2.05 bits per heavy atom. The van der Waals surface area contributed by atoms with Crippen molar-refractivity contribution in [3.05, 3.63) is 57.7 Å². The fourth-order valence-corrected chi connectivity index (χ4v) is 2.93. The van der Waals surface area contributed by atoms with Crippen molar-refractivity contribution in [3.8, 4) is 0 Å². The second-order valence-electron chi connectivity index (χ2n) is 5.05. The fourth-order valence-electron chi connectivity index (χ4n) is 2.71. The molecule has 1 aliphatic carbocycles. The molecule has 0 aliphatic heterocycles. The molecule has 1 unspecified atom stereocenters. The summed E-state index contributed by atoms with van der Waals surface area (Å²) >= 11 is 3.49. The molecule has 1 atom stereocenters. The molecule has 1 heterocycles. The van der Waals surface area contributed by atoms with Gasteiger partial charge in [-0.3, -0.25) is 0 Å². The summed E-state index contributed by atoms with van der Waals surface area (Å²) in [5.74, 6) is 0.961. The molecule has 0 saturated carbocycles. The van der Waals surface area contributed by atoms with Gasteiger partial charge in [0.05, 0.1) is 11.7 Å². The minimum atomic E-state index is 0.387. The summed E-state index contributed by atoms with van der Waals surface area (Å²) in [6.07, 6.45) is 3.61. The van der Waals surface area contributed by atoms with Gasteiger partial charge in [0.15, 0.2) is 0 Å². The molecule has 1 aliphatic rings. The molecule has 3 heteroatoms. The molecule has 0 bridgehead atoms. The first-order valence-corrected chi connectivity index (χ1v) is 7.51. The third-order valence-corrected chi connectivity index (χ3v) is 4.55. The van der Waals surface area contributed by atoms with Gasteiger partial charge in [-0.25, -0.2) is 4.98 Å². The Morgan fingerprint density at radius 3 is 2.89 bits per heavy atom. The van der Waals surface area contributed by atoms with Crippen LogP contribution in [-0.2, 0) is 6.42 Å². The van der Waals surface area contributed by atoms with E-state index >= 15 is 0 Å². The van der Waals surface area contributed by atoms with Gasteiger partial charge in [-0.05, 0) is 65.4 Å². The van der Waals surface area contributed by atoms with E-state index in [-0.39, 0.29) is 0 Å². The Kier molecular flexibility index (Phi) is 3.56. The van der Waals surface area contributed by atoms with Crippen LogP contribution in [0.2, 0.25) is 0 Å². The Labute approximate surface area is 122 Å². The number of aromatic nitrogens is 1. The summed E-state index contributed by atoms with van der Waals surface area (Å²) in [5.41, 5.74) is 3.92. The van der Waals surface area contributed by atoms with Crippen molar-refractivity contribution in [2.24, 2.45) is 0 Å². The van der Waals surface area contributed by atoms with Crippen LogP contribution in [0.25, 0.3) is 0 Å². The van der Waals surface area contributed by atoms with Gasteiger partial charge in [-0.15, -0.1) is 0 Å². The van der Waals surface area contributed by atoms with Crippen molar-refractivity contribution in [1.29, 1.82) is 0 Å². The number of aryl methyl sites for hydroxylation is 2. The summed E-state index contributed by atoms with van der Waals surface area (Å²) < 4.78 is 1.06. The molecule has 0 fully saturated rings. The number of anilines is 1. The number of rotatable bonds is 2. The van der Waals surface area contributed by atoms with Crippen molar-refractivity contribution in [2.45, 2.75) is 32.2 Å². The Balaban J connectivity index is 1.86. The second kappa shape index (κ2) is 5.33. The molecule has 1 aromatic heterocycles. The first-order chi connectivity index (χ1) is 9.24. The lowest BCUT2D eigenvalue weighted by atomic mass is 9.88. The minimum absolute atomic E-state index is 0.387. The van der Waals surface area contributed by atoms with E-state index in [2.05, 4.69) is 56.6 Å². The highest BCUT2D eigenvalue weighted by atomic mass is 79.9. The van der Waals surface area contributed by atoms with Gasteiger partial charge in [0.25, 0.3) is 0 Å². The third-order valence-electron chi connectivity index (χ3n) is 3.71. The second-order valence-corrected chi connectivity index (χ2v) is 5.91. The van der Waals surface area contributed by atoms with Gasteiger partial charge in [-0.1, -0.05) is 24.3 Å². The predicted octanol–water partition coefficient (Wildman–Crippen LogP) is 4.64. The van der Waals surface area contributed by atoms with Crippen LogP contribution in [0.5, 0.6) is 0 Å². The van der Waals surface area contributed by atoms with E-state index in [4.69, 9.17) is 0 Å². The number of halogens is 1. The number of hydrogen-bond acceptors (Lipinski definition) is 2. The molecule has 2 nitrogen and oxygen atoms in total. The average Bonchev–Trinajstić information content (AvgIpc) is 2.43. The Hall–Kier alpha value is -1.35. The topological polar surface area (TPSA) is 24.9 Å². The zero-order chi connectivity index (χ0) is 13.2. The maximum absolute atomic E-state index is 4.58. The quantitative estimate of drug-likeness (QED) is 0.872. The van der Waals surface area contributed by atoms with Crippen LogP contribution in [0.3, 0.4) is 0 Å². The van der Waals surface area contributed by atoms with Crippen molar-refractivity contribution >= 4 is 21.7 Å². The molecule has 19 heavy (non-hydrogen) atoms. The van der Waals surface area contributed by atoms with E-state index < -0.39 is 0 Å². The van der Waals surface area contributed by atoms with Crippen molar-refractivity contribution in [3.63, 3.8) is 0 Å². The van der Waals surface area contributed by atoms with E-state index in [1.807, 2.05) is 13.0 Å². The van der Waals surface area contributed by atoms with Crippen LogP contribution in [0.15, 0.2) is 40.9 Å². The number of benzene rings is 1. The van der Waals surface area contributed by atoms with Crippen LogP contribution >= 0.6 is 15.9 Å². The highest BCUT2D eigenvalue weighted by Gasteiger charge is 2.19. The maximum atomic E-state index is 4.58. The maximum Gasteiger partial charge on any atom is 0.126 e. The first-order valence-electron chi connectivity index (χ1n) is 6.71. The van der Waals surface area contributed by atoms with E-state index in [9.17, 15) is 0 Å². The zero-order valence-corrected chi connectivity index (χ0v) is 12.6. The van der Waals surface area contributed by atoms with Crippen molar-refractivity contribution in [2.75, 3.05) is 5.32 Å². The fraction of sp³-hybridized carbons (Fsp3) is 0.312. The number of nitrogens with one attached hydrogen (secondary N) is 1. The summed E-state index contributed by atoms with van der Waals surface area (Å²) in [4.78, 5) is 4.58. The molecule has 1 aromatic carbocycles. The molecule has 0 radical (unpaired) electrons. The first kappa shape index (κ1) is 12.7. The van der Waals surface area contributed by atoms with Crippen LogP contribution < -0.4 is 5.32 Å². The van der Waals surface area contributed by atoms with Crippen LogP contribution in [-0.4, -0.2) is 4.98 Å². The van der Waals surface area contributed by atoms with Gasteiger partial charge in [0.1, 0.15) is 5.82 Å². The van der Waals surface area contributed by atoms with E-state index in [1.54, 1.807) is 0 Å². The lowest BCUT2D eigenvalue weighted by Crippen LogP contribution is -2.17. The summed E-state index contributed by atoms with van der Waals surface area (Å²) in [6, 6.07) is 13.2. The van der Waals surface area contributed by atoms with Crippen LogP contribution in [0.4, 0.5) is 5.82 Å². The number of hydrogen-bond donors (Lipinski definition) is 1. The Bertz CT molecular complexity index is 595.